The van der Waals surface area contributed by atoms with Gasteiger partial charge < -0.3 is 15.0 Å². The summed E-state index contributed by atoms with van der Waals surface area (Å²) in [7, 11) is -4.02. The van der Waals surface area contributed by atoms with Crippen LogP contribution in [0.25, 0.3) is 16.7 Å². The van der Waals surface area contributed by atoms with Gasteiger partial charge in [-0.25, -0.2) is 26.9 Å². The SMILES string of the molecule is Cc1ccc(S(=O)(=O)n2cc(CN3CCN(C(=O)OC(C)(C)C)CC3)c3ccc(Nc4nc(-n5cccn5)ccc4[N+](=O)[O-])cc32)cc1. The molecule has 5 aromatic rings. The lowest BCUT2D eigenvalue weighted by Gasteiger charge is -2.35. The first kappa shape index (κ1) is 32.7. The molecular formula is C33H36N8O6S. The molecule has 15 heteroatoms. The molecule has 0 bridgehead atoms. The number of anilines is 2. The van der Waals surface area contributed by atoms with Crippen molar-refractivity contribution in [3.05, 3.63) is 100 Å². The molecular weight excluding hydrogens is 636 g/mol. The van der Waals surface area contributed by atoms with Gasteiger partial charge in [-0.3, -0.25) is 15.0 Å². The van der Waals surface area contributed by atoms with Crippen LogP contribution in [0, 0.1) is 17.0 Å². The van der Waals surface area contributed by atoms with E-state index < -0.39 is 20.5 Å². The molecule has 14 nitrogen and oxygen atoms in total. The van der Waals surface area contributed by atoms with E-state index in [1.54, 1.807) is 72.0 Å². The minimum Gasteiger partial charge on any atom is -0.444 e. The summed E-state index contributed by atoms with van der Waals surface area (Å²) >= 11 is 0. The second kappa shape index (κ2) is 12.7. The van der Waals surface area contributed by atoms with E-state index in [4.69, 9.17) is 4.74 Å². The van der Waals surface area contributed by atoms with Gasteiger partial charge in [-0.05, 0) is 69.7 Å². The Bertz CT molecular complexity index is 2080. The molecule has 0 radical (unpaired) electrons. The van der Waals surface area contributed by atoms with Gasteiger partial charge in [0.2, 0.25) is 5.82 Å². The summed E-state index contributed by atoms with van der Waals surface area (Å²) in [6.45, 7) is 9.95. The van der Waals surface area contributed by atoms with Crippen LogP contribution in [-0.2, 0) is 21.3 Å². The van der Waals surface area contributed by atoms with E-state index in [0.29, 0.717) is 55.1 Å². The number of aryl methyl sites for hydroxylation is 1. The maximum atomic E-state index is 14.0. The predicted molar refractivity (Wildman–Crippen MR) is 180 cm³/mol. The zero-order valence-electron chi connectivity index (χ0n) is 27.0. The third kappa shape index (κ3) is 6.87. The van der Waals surface area contributed by atoms with Crippen molar-refractivity contribution in [3.8, 4) is 5.82 Å². The van der Waals surface area contributed by atoms with Gasteiger partial charge in [0.1, 0.15) is 5.60 Å². The summed E-state index contributed by atoms with van der Waals surface area (Å²) in [6.07, 6.45) is 4.52. The number of aromatic nitrogens is 4. The fourth-order valence-electron chi connectivity index (χ4n) is 5.50. The van der Waals surface area contributed by atoms with Crippen molar-refractivity contribution < 1.29 is 22.9 Å². The van der Waals surface area contributed by atoms with E-state index in [1.165, 1.54) is 20.8 Å². The summed E-state index contributed by atoms with van der Waals surface area (Å²) in [5.41, 5.74) is 1.68. The van der Waals surface area contributed by atoms with E-state index in [2.05, 4.69) is 20.3 Å². The molecule has 250 valence electrons. The van der Waals surface area contributed by atoms with Crippen LogP contribution >= 0.6 is 0 Å². The van der Waals surface area contributed by atoms with E-state index >= 15 is 0 Å². The summed E-state index contributed by atoms with van der Waals surface area (Å²) in [6, 6.07) is 16.4. The Kier molecular flexibility index (Phi) is 8.66. The summed E-state index contributed by atoms with van der Waals surface area (Å²) in [5.74, 6) is 0.350. The highest BCUT2D eigenvalue weighted by atomic mass is 32.2. The monoisotopic (exact) mass is 672 g/mol. The number of carbonyl (C=O) groups excluding carboxylic acids is 1. The zero-order valence-corrected chi connectivity index (χ0v) is 27.8. The number of benzene rings is 2. The number of piperazine rings is 1. The maximum Gasteiger partial charge on any atom is 0.410 e. The highest BCUT2D eigenvalue weighted by molar-refractivity contribution is 7.90. The Balaban J connectivity index is 1.35. The fourth-order valence-corrected chi connectivity index (χ4v) is 6.88. The Labute approximate surface area is 277 Å². The van der Waals surface area contributed by atoms with Crippen molar-refractivity contribution in [1.29, 1.82) is 0 Å². The molecule has 0 spiro atoms. The predicted octanol–water partition coefficient (Wildman–Crippen LogP) is 5.47. The number of nitrogens with one attached hydrogen (secondary N) is 1. The number of carbonyl (C=O) groups is 1. The maximum absolute atomic E-state index is 14.0. The summed E-state index contributed by atoms with van der Waals surface area (Å²) < 4.78 is 36.4. The van der Waals surface area contributed by atoms with Crippen LogP contribution in [0.4, 0.5) is 22.0 Å². The molecule has 0 unspecified atom stereocenters. The van der Waals surface area contributed by atoms with Crippen molar-refractivity contribution >= 4 is 44.2 Å². The van der Waals surface area contributed by atoms with Gasteiger partial charge in [0.25, 0.3) is 10.0 Å². The Morgan fingerprint density at radius 2 is 1.77 bits per heavy atom. The zero-order chi connectivity index (χ0) is 34.2. The number of hydrogen-bond donors (Lipinski definition) is 1. The van der Waals surface area contributed by atoms with Crippen LogP contribution in [0.3, 0.4) is 0 Å². The van der Waals surface area contributed by atoms with Gasteiger partial charge in [-0.2, -0.15) is 5.10 Å². The summed E-state index contributed by atoms with van der Waals surface area (Å²) in [5, 5.41) is 19.8. The number of rotatable bonds is 8. The second-order valence-electron chi connectivity index (χ2n) is 12.6. The third-order valence-electron chi connectivity index (χ3n) is 7.91. The van der Waals surface area contributed by atoms with Crippen molar-refractivity contribution in [1.82, 2.24) is 28.5 Å². The van der Waals surface area contributed by atoms with E-state index in [0.717, 1.165) is 11.1 Å². The van der Waals surface area contributed by atoms with E-state index in [1.807, 2.05) is 27.7 Å². The molecule has 0 atom stereocenters. The van der Waals surface area contributed by atoms with Crippen molar-refractivity contribution in [2.24, 2.45) is 0 Å². The highest BCUT2D eigenvalue weighted by Crippen LogP contribution is 2.33. The molecule has 2 aromatic carbocycles. The molecule has 4 heterocycles. The molecule has 1 aliphatic heterocycles. The van der Waals surface area contributed by atoms with Gasteiger partial charge in [-0.15, -0.1) is 0 Å². The number of hydrogen-bond acceptors (Lipinski definition) is 10. The Morgan fingerprint density at radius 1 is 1.04 bits per heavy atom. The molecule has 0 aliphatic carbocycles. The van der Waals surface area contributed by atoms with Crippen molar-refractivity contribution in [2.45, 2.75) is 44.7 Å². The first-order valence-corrected chi connectivity index (χ1v) is 16.8. The van der Waals surface area contributed by atoms with Gasteiger partial charge >= 0.3 is 11.8 Å². The number of fused-ring (bicyclic) bond motifs is 1. The number of nitro groups is 1. The number of nitrogens with zero attached hydrogens (tertiary/aromatic N) is 7. The largest absolute Gasteiger partial charge is 0.444 e. The minimum absolute atomic E-state index is 0.0186. The van der Waals surface area contributed by atoms with Crippen molar-refractivity contribution in [3.63, 3.8) is 0 Å². The van der Waals surface area contributed by atoms with Crippen LogP contribution in [0.1, 0.15) is 31.9 Å². The van der Waals surface area contributed by atoms with Crippen LogP contribution in [0.5, 0.6) is 0 Å². The standard InChI is InChI=1S/C33H36N8O6S/c1-23-6-9-26(10-7-23)48(45,46)40-22-24(21-37-16-18-38(19-17-37)32(42)47-33(2,3)4)27-11-8-25(20-29(27)40)35-31-28(41(43)44)12-13-30(36-31)39-15-5-14-34-39/h5-15,20,22H,16-19,21H2,1-4H3,(H,35,36). The molecule has 1 N–H and O–H groups in total. The summed E-state index contributed by atoms with van der Waals surface area (Å²) in [4.78, 5) is 32.3. The normalized spacial score (nSPS) is 14.3. The Hall–Kier alpha value is -5.28. The minimum atomic E-state index is -4.02. The molecule has 0 saturated carbocycles. The van der Waals surface area contributed by atoms with Crippen molar-refractivity contribution in [2.75, 3.05) is 31.5 Å². The quantitative estimate of drug-likeness (QED) is 0.166. The first-order chi connectivity index (χ1) is 22.8. The van der Waals surface area contributed by atoms with Crippen LogP contribution in [0.2, 0.25) is 0 Å². The molecule has 1 saturated heterocycles. The van der Waals surface area contributed by atoms with E-state index in [9.17, 15) is 23.3 Å². The van der Waals surface area contributed by atoms with Gasteiger partial charge in [0.05, 0.1) is 15.3 Å². The van der Waals surface area contributed by atoms with Gasteiger partial charge in [-0.1, -0.05) is 23.8 Å². The smallest absolute Gasteiger partial charge is 0.410 e. The molecule has 3 aromatic heterocycles. The second-order valence-corrected chi connectivity index (χ2v) is 14.4. The number of ether oxygens (including phenoxy) is 1. The van der Waals surface area contributed by atoms with Crippen LogP contribution in [-0.4, -0.2) is 79.8 Å². The lowest BCUT2D eigenvalue weighted by atomic mass is 10.1. The highest BCUT2D eigenvalue weighted by Gasteiger charge is 2.28. The number of pyridine rings is 1. The molecule has 1 amide bonds. The molecule has 1 aliphatic rings. The average molecular weight is 673 g/mol. The average Bonchev–Trinajstić information content (AvgIpc) is 3.70. The third-order valence-corrected chi connectivity index (χ3v) is 9.60. The lowest BCUT2D eigenvalue weighted by Crippen LogP contribution is -2.49. The molecule has 6 rings (SSSR count). The molecule has 48 heavy (non-hydrogen) atoms. The lowest BCUT2D eigenvalue weighted by molar-refractivity contribution is -0.384. The number of amides is 1. The van der Waals surface area contributed by atoms with Crippen LogP contribution < -0.4 is 5.32 Å². The van der Waals surface area contributed by atoms with Crippen LogP contribution in [0.15, 0.2) is 84.1 Å². The Morgan fingerprint density at radius 3 is 2.42 bits per heavy atom. The fraction of sp³-hybridized carbons (Fsp3) is 0.303. The van der Waals surface area contributed by atoms with E-state index in [-0.39, 0.29) is 22.5 Å². The first-order valence-electron chi connectivity index (χ1n) is 15.4. The topological polar surface area (TPSA) is 158 Å². The van der Waals surface area contributed by atoms with Gasteiger partial charge in [0, 0.05) is 68.5 Å². The molecule has 1 fully saturated rings. The van der Waals surface area contributed by atoms with Gasteiger partial charge in [0.15, 0.2) is 5.82 Å².